The number of rotatable bonds is 6. The minimum absolute atomic E-state index is 0.411. The molecule has 26 heavy (non-hydrogen) atoms. The van der Waals surface area contributed by atoms with Crippen molar-refractivity contribution in [2.75, 3.05) is 5.32 Å². The molecule has 0 spiro atoms. The molecule has 0 fully saturated rings. The lowest BCUT2D eigenvalue weighted by atomic mass is 10.2. The summed E-state index contributed by atoms with van der Waals surface area (Å²) in [4.78, 5) is 0. The van der Waals surface area contributed by atoms with E-state index in [9.17, 15) is 0 Å². The lowest BCUT2D eigenvalue weighted by Crippen LogP contribution is -2.01. The number of nitrogens with one attached hydrogen (secondary N) is 1. The Balaban J connectivity index is 1.62. The molecule has 0 aromatic heterocycles. The zero-order valence-electron chi connectivity index (χ0n) is 13.6. The SMILES string of the molecule is Clc1ccc(Cl)c(NCc2cccc(OCc3ccc(Cl)c(Cl)c3)c2)c1. The fraction of sp³-hybridized carbons (Fsp3) is 0.100. The normalized spacial score (nSPS) is 10.6. The zero-order chi connectivity index (χ0) is 18.5. The third-order valence-corrected chi connectivity index (χ3v) is 5.00. The van der Waals surface area contributed by atoms with E-state index in [2.05, 4.69) is 5.32 Å². The first kappa shape index (κ1) is 19.2. The van der Waals surface area contributed by atoms with Gasteiger partial charge in [0, 0.05) is 11.6 Å². The molecule has 0 saturated carbocycles. The van der Waals surface area contributed by atoms with Crippen LogP contribution in [-0.4, -0.2) is 0 Å². The van der Waals surface area contributed by atoms with Gasteiger partial charge in [0.25, 0.3) is 0 Å². The van der Waals surface area contributed by atoms with E-state index in [-0.39, 0.29) is 0 Å². The van der Waals surface area contributed by atoms with Gasteiger partial charge in [-0.1, -0.05) is 64.6 Å². The maximum Gasteiger partial charge on any atom is 0.120 e. The molecule has 0 atom stereocenters. The summed E-state index contributed by atoms with van der Waals surface area (Å²) in [6.07, 6.45) is 0. The highest BCUT2D eigenvalue weighted by molar-refractivity contribution is 6.42. The Hall–Kier alpha value is -1.58. The second-order valence-electron chi connectivity index (χ2n) is 5.66. The van der Waals surface area contributed by atoms with Crippen molar-refractivity contribution in [1.29, 1.82) is 0 Å². The number of anilines is 1. The van der Waals surface area contributed by atoms with Gasteiger partial charge in [0.1, 0.15) is 12.4 Å². The Morgan fingerprint density at radius 1 is 0.731 bits per heavy atom. The van der Waals surface area contributed by atoms with Gasteiger partial charge in [-0.15, -0.1) is 0 Å². The summed E-state index contributed by atoms with van der Waals surface area (Å²) in [5.74, 6) is 0.771. The maximum atomic E-state index is 6.17. The Morgan fingerprint density at radius 2 is 1.54 bits per heavy atom. The molecule has 0 saturated heterocycles. The molecule has 0 aliphatic carbocycles. The Labute approximate surface area is 172 Å². The highest BCUT2D eigenvalue weighted by atomic mass is 35.5. The summed E-state index contributed by atoms with van der Waals surface area (Å²) < 4.78 is 5.85. The van der Waals surface area contributed by atoms with Gasteiger partial charge >= 0.3 is 0 Å². The first-order valence-corrected chi connectivity index (χ1v) is 9.37. The summed E-state index contributed by atoms with van der Waals surface area (Å²) in [5, 5.41) is 5.59. The van der Waals surface area contributed by atoms with Crippen molar-refractivity contribution in [3.05, 3.63) is 91.9 Å². The molecule has 0 aliphatic rings. The average Bonchev–Trinajstić information content (AvgIpc) is 2.64. The van der Waals surface area contributed by atoms with Gasteiger partial charge in [0.05, 0.1) is 20.8 Å². The van der Waals surface area contributed by atoms with Crippen LogP contribution in [0.5, 0.6) is 5.75 Å². The lowest BCUT2D eigenvalue weighted by Gasteiger charge is -2.11. The number of ether oxygens (including phenoxy) is 1. The molecular formula is C20H15Cl4NO. The number of halogens is 4. The summed E-state index contributed by atoms with van der Waals surface area (Å²) in [7, 11) is 0. The van der Waals surface area contributed by atoms with E-state index in [1.165, 1.54) is 0 Å². The fourth-order valence-electron chi connectivity index (χ4n) is 2.37. The van der Waals surface area contributed by atoms with E-state index in [1.54, 1.807) is 30.3 Å². The Kier molecular flexibility index (Phi) is 6.55. The third kappa shape index (κ3) is 5.21. The smallest absolute Gasteiger partial charge is 0.120 e. The van der Waals surface area contributed by atoms with Crippen molar-refractivity contribution in [2.24, 2.45) is 0 Å². The van der Waals surface area contributed by atoms with E-state index < -0.39 is 0 Å². The minimum Gasteiger partial charge on any atom is -0.489 e. The second-order valence-corrected chi connectivity index (χ2v) is 7.32. The fourth-order valence-corrected chi connectivity index (χ4v) is 3.05. The van der Waals surface area contributed by atoms with E-state index in [4.69, 9.17) is 51.1 Å². The van der Waals surface area contributed by atoms with Gasteiger partial charge in [0.15, 0.2) is 0 Å². The van der Waals surface area contributed by atoms with E-state index in [0.29, 0.717) is 33.2 Å². The molecule has 3 aromatic rings. The monoisotopic (exact) mass is 425 g/mol. The van der Waals surface area contributed by atoms with Crippen LogP contribution in [0.4, 0.5) is 5.69 Å². The molecule has 0 aliphatic heterocycles. The van der Waals surface area contributed by atoms with Crippen molar-refractivity contribution in [1.82, 2.24) is 0 Å². The van der Waals surface area contributed by atoms with Crippen LogP contribution in [0.25, 0.3) is 0 Å². The lowest BCUT2D eigenvalue weighted by molar-refractivity contribution is 0.306. The standard InChI is InChI=1S/C20H15Cl4NO/c21-15-5-7-18(23)20(10-15)25-11-13-2-1-3-16(8-13)26-12-14-4-6-17(22)19(24)9-14/h1-10,25H,11-12H2. The predicted octanol–water partition coefficient (Wildman–Crippen LogP) is 7.49. The molecule has 0 radical (unpaired) electrons. The highest BCUT2D eigenvalue weighted by Gasteiger charge is 2.04. The molecule has 6 heteroatoms. The van der Waals surface area contributed by atoms with Crippen molar-refractivity contribution in [3.63, 3.8) is 0 Å². The van der Waals surface area contributed by atoms with E-state index in [0.717, 1.165) is 22.6 Å². The molecule has 1 N–H and O–H groups in total. The van der Waals surface area contributed by atoms with E-state index in [1.807, 2.05) is 30.3 Å². The average molecular weight is 427 g/mol. The second kappa shape index (κ2) is 8.88. The van der Waals surface area contributed by atoms with Crippen molar-refractivity contribution < 1.29 is 4.74 Å². The van der Waals surface area contributed by atoms with Gasteiger partial charge in [-0.25, -0.2) is 0 Å². The molecule has 0 amide bonds. The first-order chi connectivity index (χ1) is 12.5. The maximum absolute atomic E-state index is 6.17. The number of hydrogen-bond acceptors (Lipinski definition) is 2. The molecule has 0 heterocycles. The van der Waals surface area contributed by atoms with Crippen LogP contribution < -0.4 is 10.1 Å². The van der Waals surface area contributed by atoms with Crippen LogP contribution >= 0.6 is 46.4 Å². The summed E-state index contributed by atoms with van der Waals surface area (Å²) in [6.45, 7) is 1.01. The van der Waals surface area contributed by atoms with Crippen molar-refractivity contribution in [2.45, 2.75) is 13.2 Å². The molecule has 3 rings (SSSR count). The summed E-state index contributed by atoms with van der Waals surface area (Å²) in [6, 6.07) is 18.6. The Morgan fingerprint density at radius 3 is 2.35 bits per heavy atom. The van der Waals surface area contributed by atoms with Crippen LogP contribution in [-0.2, 0) is 13.2 Å². The molecule has 0 unspecified atom stereocenters. The minimum atomic E-state index is 0.411. The van der Waals surface area contributed by atoms with E-state index >= 15 is 0 Å². The first-order valence-electron chi connectivity index (χ1n) is 7.86. The van der Waals surface area contributed by atoms with Gasteiger partial charge < -0.3 is 10.1 Å². The summed E-state index contributed by atoms with van der Waals surface area (Å²) >= 11 is 24.1. The van der Waals surface area contributed by atoms with Crippen LogP contribution in [0.15, 0.2) is 60.7 Å². The van der Waals surface area contributed by atoms with Crippen molar-refractivity contribution >= 4 is 52.1 Å². The van der Waals surface area contributed by atoms with Gasteiger partial charge in [-0.3, -0.25) is 0 Å². The zero-order valence-corrected chi connectivity index (χ0v) is 16.6. The largest absolute Gasteiger partial charge is 0.489 e. The number of hydrogen-bond donors (Lipinski definition) is 1. The molecule has 2 nitrogen and oxygen atoms in total. The van der Waals surface area contributed by atoms with Crippen LogP contribution in [0.3, 0.4) is 0 Å². The molecule has 3 aromatic carbocycles. The Bertz CT molecular complexity index is 914. The summed E-state index contributed by atoms with van der Waals surface area (Å²) in [5.41, 5.74) is 2.81. The van der Waals surface area contributed by atoms with Gasteiger partial charge in [-0.05, 0) is 53.6 Å². The third-order valence-electron chi connectivity index (χ3n) is 3.70. The molecule has 0 bridgehead atoms. The van der Waals surface area contributed by atoms with Gasteiger partial charge in [-0.2, -0.15) is 0 Å². The van der Waals surface area contributed by atoms with Crippen LogP contribution in [0.2, 0.25) is 20.1 Å². The molecule has 134 valence electrons. The van der Waals surface area contributed by atoms with Crippen LogP contribution in [0, 0.1) is 0 Å². The molecular weight excluding hydrogens is 412 g/mol. The highest BCUT2D eigenvalue weighted by Crippen LogP contribution is 2.27. The predicted molar refractivity (Wildman–Crippen MR) is 111 cm³/mol. The number of benzene rings is 3. The van der Waals surface area contributed by atoms with Gasteiger partial charge in [0.2, 0.25) is 0 Å². The quantitative estimate of drug-likeness (QED) is 0.440. The van der Waals surface area contributed by atoms with Crippen LogP contribution in [0.1, 0.15) is 11.1 Å². The van der Waals surface area contributed by atoms with Crippen molar-refractivity contribution in [3.8, 4) is 5.75 Å². The topological polar surface area (TPSA) is 21.3 Å².